The lowest BCUT2D eigenvalue weighted by Crippen LogP contribution is -2.27. The van der Waals surface area contributed by atoms with Crippen LogP contribution in [0.1, 0.15) is 23.5 Å². The number of ether oxygens (including phenoxy) is 1. The number of nitrogens with zero attached hydrogens (tertiary/aromatic N) is 1. The molecule has 6 nitrogen and oxygen atoms in total. The molecule has 0 radical (unpaired) electrons. The molecule has 0 aliphatic carbocycles. The first-order valence-electron chi connectivity index (χ1n) is 6.17. The van der Waals surface area contributed by atoms with Crippen LogP contribution in [0.25, 0.3) is 0 Å². The highest BCUT2D eigenvalue weighted by atomic mass is 32.2. The van der Waals surface area contributed by atoms with E-state index in [1.165, 1.54) is 30.6 Å². The Labute approximate surface area is 127 Å². The van der Waals surface area contributed by atoms with Crippen LogP contribution in [0.4, 0.5) is 0 Å². The monoisotopic (exact) mass is 328 g/mol. The molecule has 2 aromatic rings. The van der Waals surface area contributed by atoms with Gasteiger partial charge < -0.3 is 9.84 Å². The third kappa shape index (κ3) is 3.59. The molecule has 0 spiro atoms. The molecule has 0 saturated carbocycles. The Morgan fingerprint density at radius 2 is 2.24 bits per heavy atom. The molecule has 0 fully saturated rings. The summed E-state index contributed by atoms with van der Waals surface area (Å²) in [6.45, 7) is 1.48. The van der Waals surface area contributed by atoms with Gasteiger partial charge in [-0.15, -0.1) is 11.3 Å². The summed E-state index contributed by atoms with van der Waals surface area (Å²) in [5.74, 6) is 0.228. The molecule has 2 N–H and O–H groups in total. The van der Waals surface area contributed by atoms with Gasteiger partial charge in [0.1, 0.15) is 15.7 Å². The van der Waals surface area contributed by atoms with Crippen molar-refractivity contribution in [3.8, 4) is 5.75 Å². The van der Waals surface area contributed by atoms with E-state index in [2.05, 4.69) is 9.71 Å². The number of hydrogen-bond donors (Lipinski definition) is 2. The van der Waals surface area contributed by atoms with Crippen molar-refractivity contribution in [1.82, 2.24) is 9.71 Å². The van der Waals surface area contributed by atoms with Crippen LogP contribution in [0.3, 0.4) is 0 Å². The average molecular weight is 328 g/mol. The van der Waals surface area contributed by atoms with Crippen LogP contribution < -0.4 is 9.46 Å². The lowest BCUT2D eigenvalue weighted by molar-refractivity contribution is 0.281. The second kappa shape index (κ2) is 6.52. The topological polar surface area (TPSA) is 88.5 Å². The SMILES string of the molecule is COc1ccc(CO)cc1S(=O)(=O)NC(C)c1nccs1. The molecule has 2 rings (SSSR count). The maximum absolute atomic E-state index is 12.5. The van der Waals surface area contributed by atoms with Gasteiger partial charge >= 0.3 is 0 Å². The van der Waals surface area contributed by atoms with Crippen LogP contribution in [0.5, 0.6) is 5.75 Å². The van der Waals surface area contributed by atoms with Crippen molar-refractivity contribution in [2.45, 2.75) is 24.5 Å². The normalized spacial score (nSPS) is 13.1. The average Bonchev–Trinajstić information content (AvgIpc) is 3.00. The van der Waals surface area contributed by atoms with Gasteiger partial charge in [0.2, 0.25) is 10.0 Å². The van der Waals surface area contributed by atoms with E-state index in [-0.39, 0.29) is 17.3 Å². The molecule has 0 bridgehead atoms. The van der Waals surface area contributed by atoms with Crippen LogP contribution in [0.2, 0.25) is 0 Å². The quantitative estimate of drug-likeness (QED) is 0.842. The van der Waals surface area contributed by atoms with Crippen LogP contribution in [0.15, 0.2) is 34.7 Å². The second-order valence-corrected chi connectivity index (χ2v) is 6.97. The molecule has 8 heteroatoms. The van der Waals surface area contributed by atoms with E-state index in [4.69, 9.17) is 9.84 Å². The van der Waals surface area contributed by atoms with Crippen molar-refractivity contribution in [1.29, 1.82) is 0 Å². The zero-order valence-electron chi connectivity index (χ0n) is 11.6. The predicted octanol–water partition coefficient (Wildman–Crippen LogP) is 1.68. The Morgan fingerprint density at radius 3 is 2.81 bits per heavy atom. The van der Waals surface area contributed by atoms with E-state index in [0.717, 1.165) is 0 Å². The molecular weight excluding hydrogens is 312 g/mol. The van der Waals surface area contributed by atoms with Crippen LogP contribution in [-0.2, 0) is 16.6 Å². The van der Waals surface area contributed by atoms with Crippen molar-refractivity contribution in [2.24, 2.45) is 0 Å². The summed E-state index contributed by atoms with van der Waals surface area (Å²) < 4.78 is 32.6. The van der Waals surface area contributed by atoms with Gasteiger partial charge in [-0.1, -0.05) is 6.07 Å². The summed E-state index contributed by atoms with van der Waals surface area (Å²) in [6.07, 6.45) is 1.62. The third-order valence-corrected chi connectivity index (χ3v) is 5.37. The summed E-state index contributed by atoms with van der Waals surface area (Å²) in [5.41, 5.74) is 0.498. The van der Waals surface area contributed by atoms with Gasteiger partial charge in [0.05, 0.1) is 19.8 Å². The molecule has 1 aromatic heterocycles. The highest BCUT2D eigenvalue weighted by molar-refractivity contribution is 7.89. The molecule has 1 atom stereocenters. The smallest absolute Gasteiger partial charge is 0.244 e. The first-order valence-corrected chi connectivity index (χ1v) is 8.53. The molecular formula is C13H16N2O4S2. The number of thiazole rings is 1. The predicted molar refractivity (Wildman–Crippen MR) is 79.8 cm³/mol. The lowest BCUT2D eigenvalue weighted by atomic mass is 10.2. The Morgan fingerprint density at radius 1 is 1.48 bits per heavy atom. The van der Waals surface area contributed by atoms with Crippen molar-refractivity contribution < 1.29 is 18.3 Å². The van der Waals surface area contributed by atoms with E-state index >= 15 is 0 Å². The van der Waals surface area contributed by atoms with Gasteiger partial charge in [0, 0.05) is 11.6 Å². The largest absolute Gasteiger partial charge is 0.495 e. The van der Waals surface area contributed by atoms with Crippen LogP contribution in [0, 0.1) is 0 Å². The number of aromatic nitrogens is 1. The van der Waals surface area contributed by atoms with E-state index in [1.54, 1.807) is 24.6 Å². The fourth-order valence-electron chi connectivity index (χ4n) is 1.82. The molecule has 1 aromatic carbocycles. The minimum atomic E-state index is -3.78. The number of rotatable bonds is 6. The number of benzene rings is 1. The molecule has 21 heavy (non-hydrogen) atoms. The highest BCUT2D eigenvalue weighted by Crippen LogP contribution is 2.27. The summed E-state index contributed by atoms with van der Waals surface area (Å²) in [7, 11) is -2.38. The fraction of sp³-hybridized carbons (Fsp3) is 0.308. The van der Waals surface area contributed by atoms with Gasteiger partial charge in [0.25, 0.3) is 0 Å². The Bertz CT molecular complexity index is 699. The van der Waals surface area contributed by atoms with Crippen molar-refractivity contribution >= 4 is 21.4 Å². The van der Waals surface area contributed by atoms with Crippen LogP contribution >= 0.6 is 11.3 Å². The van der Waals surface area contributed by atoms with E-state index < -0.39 is 16.1 Å². The molecule has 0 amide bonds. The molecule has 1 unspecified atom stereocenters. The van der Waals surface area contributed by atoms with Gasteiger partial charge in [-0.05, 0) is 24.6 Å². The first kappa shape index (κ1) is 15.9. The minimum absolute atomic E-state index is 0.0000406. The lowest BCUT2D eigenvalue weighted by Gasteiger charge is -2.15. The summed E-state index contributed by atoms with van der Waals surface area (Å²) >= 11 is 1.38. The summed E-state index contributed by atoms with van der Waals surface area (Å²) in [5, 5.41) is 11.6. The van der Waals surface area contributed by atoms with Crippen molar-refractivity contribution in [2.75, 3.05) is 7.11 Å². The molecule has 114 valence electrons. The van der Waals surface area contributed by atoms with Gasteiger partial charge in [-0.2, -0.15) is 0 Å². The second-order valence-electron chi connectivity index (χ2n) is 4.36. The standard InChI is InChI=1S/C13H16N2O4S2/c1-9(13-14-5-6-20-13)15-21(17,18)12-7-10(8-16)3-4-11(12)19-2/h3-7,9,15-16H,8H2,1-2H3. The molecule has 0 aliphatic heterocycles. The summed E-state index contributed by atoms with van der Waals surface area (Å²) in [4.78, 5) is 4.09. The Hall–Kier alpha value is -1.48. The third-order valence-electron chi connectivity index (χ3n) is 2.85. The zero-order chi connectivity index (χ0) is 15.5. The van der Waals surface area contributed by atoms with Gasteiger partial charge in [-0.25, -0.2) is 18.1 Å². The first-order chi connectivity index (χ1) is 9.97. The fourth-order valence-corrected chi connectivity index (χ4v) is 3.97. The maximum Gasteiger partial charge on any atom is 0.244 e. The number of methoxy groups -OCH3 is 1. The zero-order valence-corrected chi connectivity index (χ0v) is 13.2. The van der Waals surface area contributed by atoms with Crippen molar-refractivity contribution in [3.05, 3.63) is 40.3 Å². The Balaban J connectivity index is 2.34. The molecule has 0 saturated heterocycles. The number of aliphatic hydroxyl groups is 1. The van der Waals surface area contributed by atoms with Gasteiger partial charge in [-0.3, -0.25) is 0 Å². The highest BCUT2D eigenvalue weighted by Gasteiger charge is 2.23. The number of hydrogen-bond acceptors (Lipinski definition) is 6. The van der Waals surface area contributed by atoms with Crippen molar-refractivity contribution in [3.63, 3.8) is 0 Å². The molecule has 1 heterocycles. The molecule has 0 aliphatic rings. The number of nitrogens with one attached hydrogen (secondary N) is 1. The van der Waals surface area contributed by atoms with E-state index in [0.29, 0.717) is 10.6 Å². The van der Waals surface area contributed by atoms with E-state index in [1.807, 2.05) is 0 Å². The summed E-state index contributed by atoms with van der Waals surface area (Å²) in [6, 6.07) is 4.09. The van der Waals surface area contributed by atoms with Gasteiger partial charge in [0.15, 0.2) is 0 Å². The van der Waals surface area contributed by atoms with E-state index in [9.17, 15) is 8.42 Å². The van der Waals surface area contributed by atoms with Crippen LogP contribution in [-0.4, -0.2) is 25.6 Å². The Kier molecular flexibility index (Phi) is 4.94. The number of aliphatic hydroxyl groups excluding tert-OH is 1. The number of sulfonamides is 1. The minimum Gasteiger partial charge on any atom is -0.495 e. The maximum atomic E-state index is 12.5.